The minimum absolute atomic E-state index is 0.134. The summed E-state index contributed by atoms with van der Waals surface area (Å²) in [5.74, 6) is -0.222. The van der Waals surface area contributed by atoms with Crippen molar-refractivity contribution in [3.05, 3.63) is 29.3 Å². The molecule has 0 saturated carbocycles. The Morgan fingerprint density at radius 2 is 2.16 bits per heavy atom. The van der Waals surface area contributed by atoms with Crippen LogP contribution in [0, 0.1) is 18.3 Å². The van der Waals surface area contributed by atoms with Crippen molar-refractivity contribution in [2.24, 2.45) is 0 Å². The van der Waals surface area contributed by atoms with Crippen LogP contribution in [-0.2, 0) is 16.0 Å². The van der Waals surface area contributed by atoms with Crippen LogP contribution in [-0.4, -0.2) is 19.2 Å². The summed E-state index contributed by atoms with van der Waals surface area (Å²) in [6.07, 6.45) is 0.698. The minimum atomic E-state index is -0.222. The van der Waals surface area contributed by atoms with Gasteiger partial charge in [0.1, 0.15) is 13.2 Å². The molecule has 0 aliphatic carbocycles. The number of anilines is 1. The molecular weight excluding hydrogens is 240 g/mol. The van der Waals surface area contributed by atoms with Crippen molar-refractivity contribution in [2.75, 3.05) is 18.2 Å². The third-order valence-electron chi connectivity index (χ3n) is 2.93. The van der Waals surface area contributed by atoms with Crippen molar-refractivity contribution in [3.8, 4) is 6.07 Å². The monoisotopic (exact) mass is 260 g/mol. The lowest BCUT2D eigenvalue weighted by Gasteiger charge is -2.25. The first kappa shape index (κ1) is 15.2. The van der Waals surface area contributed by atoms with E-state index in [1.54, 1.807) is 4.90 Å². The number of ether oxygens (including phenoxy) is 1. The van der Waals surface area contributed by atoms with E-state index in [-0.39, 0.29) is 19.1 Å². The van der Waals surface area contributed by atoms with E-state index in [0.29, 0.717) is 6.61 Å². The predicted molar refractivity (Wildman–Crippen MR) is 74.8 cm³/mol. The summed E-state index contributed by atoms with van der Waals surface area (Å²) in [4.78, 5) is 13.7. The number of rotatable bonds is 6. The highest BCUT2D eigenvalue weighted by Crippen LogP contribution is 2.26. The molecule has 1 rings (SSSR count). The molecular formula is C15H20N2O2. The number of aryl methyl sites for hydroxylation is 2. The molecule has 0 fully saturated rings. The summed E-state index contributed by atoms with van der Waals surface area (Å²) < 4.78 is 5.37. The van der Waals surface area contributed by atoms with E-state index in [9.17, 15) is 4.79 Å². The van der Waals surface area contributed by atoms with Crippen LogP contribution in [0.25, 0.3) is 0 Å². The van der Waals surface area contributed by atoms with Crippen molar-refractivity contribution in [2.45, 2.75) is 33.6 Å². The second-order valence-electron chi connectivity index (χ2n) is 4.21. The van der Waals surface area contributed by atoms with Gasteiger partial charge in [0.2, 0.25) is 5.91 Å². The second kappa shape index (κ2) is 7.55. The Kier molecular flexibility index (Phi) is 6.04. The summed E-state index contributed by atoms with van der Waals surface area (Å²) in [5, 5.41) is 8.72. The summed E-state index contributed by atoms with van der Waals surface area (Å²) in [7, 11) is 0. The predicted octanol–water partition coefficient (Wildman–Crippen LogP) is 2.80. The first-order valence-electron chi connectivity index (χ1n) is 6.49. The lowest BCUT2D eigenvalue weighted by atomic mass is 10.0. The number of benzene rings is 1. The molecule has 1 amide bonds. The highest BCUT2D eigenvalue weighted by molar-refractivity contribution is 5.95. The van der Waals surface area contributed by atoms with Crippen molar-refractivity contribution < 1.29 is 9.53 Å². The first-order valence-corrected chi connectivity index (χ1v) is 6.49. The SMILES string of the molecule is CCOCN(C(=O)CC#N)c1c(C)cccc1CC. The van der Waals surface area contributed by atoms with Gasteiger partial charge in [0, 0.05) is 6.61 Å². The van der Waals surface area contributed by atoms with Gasteiger partial charge in [0.05, 0.1) is 11.8 Å². The van der Waals surface area contributed by atoms with Gasteiger partial charge in [-0.1, -0.05) is 25.1 Å². The van der Waals surface area contributed by atoms with Gasteiger partial charge < -0.3 is 4.74 Å². The smallest absolute Gasteiger partial charge is 0.243 e. The van der Waals surface area contributed by atoms with Crippen LogP contribution in [0.3, 0.4) is 0 Å². The minimum Gasteiger partial charge on any atom is -0.361 e. The van der Waals surface area contributed by atoms with E-state index in [0.717, 1.165) is 23.2 Å². The summed E-state index contributed by atoms with van der Waals surface area (Å²) in [5.41, 5.74) is 2.98. The van der Waals surface area contributed by atoms with Gasteiger partial charge in [-0.2, -0.15) is 5.26 Å². The Labute approximate surface area is 114 Å². The Balaban J connectivity index is 3.16. The molecule has 0 N–H and O–H groups in total. The van der Waals surface area contributed by atoms with E-state index in [1.165, 1.54) is 0 Å². The fourth-order valence-corrected chi connectivity index (χ4v) is 2.00. The molecule has 0 aromatic heterocycles. The van der Waals surface area contributed by atoms with E-state index < -0.39 is 0 Å². The zero-order chi connectivity index (χ0) is 14.3. The molecule has 102 valence electrons. The largest absolute Gasteiger partial charge is 0.361 e. The highest BCUT2D eigenvalue weighted by atomic mass is 16.5. The van der Waals surface area contributed by atoms with Gasteiger partial charge in [0.15, 0.2) is 0 Å². The van der Waals surface area contributed by atoms with E-state index in [1.807, 2.05) is 45.0 Å². The van der Waals surface area contributed by atoms with Crippen molar-refractivity contribution >= 4 is 11.6 Å². The van der Waals surface area contributed by atoms with Gasteiger partial charge >= 0.3 is 0 Å². The van der Waals surface area contributed by atoms with Gasteiger partial charge in [-0.05, 0) is 31.4 Å². The maximum Gasteiger partial charge on any atom is 0.243 e. The highest BCUT2D eigenvalue weighted by Gasteiger charge is 2.19. The summed E-state index contributed by atoms with van der Waals surface area (Å²) in [6.45, 7) is 6.61. The number of para-hydroxylation sites is 1. The number of nitriles is 1. The average molecular weight is 260 g/mol. The zero-order valence-electron chi connectivity index (χ0n) is 11.8. The molecule has 1 aromatic carbocycles. The van der Waals surface area contributed by atoms with Crippen molar-refractivity contribution in [3.63, 3.8) is 0 Å². The normalized spacial score (nSPS) is 10.0. The molecule has 4 nitrogen and oxygen atoms in total. The van der Waals surface area contributed by atoms with Crippen molar-refractivity contribution in [1.82, 2.24) is 0 Å². The van der Waals surface area contributed by atoms with Gasteiger partial charge in [-0.25, -0.2) is 0 Å². The van der Waals surface area contributed by atoms with Crippen LogP contribution >= 0.6 is 0 Å². The lowest BCUT2D eigenvalue weighted by Crippen LogP contribution is -2.34. The molecule has 0 unspecified atom stereocenters. The Morgan fingerprint density at radius 3 is 2.74 bits per heavy atom. The van der Waals surface area contributed by atoms with Crippen LogP contribution in [0.15, 0.2) is 18.2 Å². The number of hydrogen-bond donors (Lipinski definition) is 0. The third-order valence-corrected chi connectivity index (χ3v) is 2.93. The van der Waals surface area contributed by atoms with Crippen LogP contribution in [0.4, 0.5) is 5.69 Å². The molecule has 0 bridgehead atoms. The van der Waals surface area contributed by atoms with Crippen molar-refractivity contribution in [1.29, 1.82) is 5.26 Å². The standard InChI is InChI=1S/C15H20N2O2/c1-4-13-8-6-7-12(3)15(13)17(11-19-5-2)14(18)9-10-16/h6-8H,4-5,9,11H2,1-3H3. The maximum atomic E-state index is 12.1. The Bertz CT molecular complexity index is 478. The molecule has 1 aromatic rings. The van der Waals surface area contributed by atoms with Crippen LogP contribution in [0.5, 0.6) is 0 Å². The summed E-state index contributed by atoms with van der Waals surface area (Å²) >= 11 is 0. The van der Waals surface area contributed by atoms with Gasteiger partial charge in [0.25, 0.3) is 0 Å². The molecule has 0 saturated heterocycles. The Morgan fingerprint density at radius 1 is 1.42 bits per heavy atom. The molecule has 0 aliphatic heterocycles. The van der Waals surface area contributed by atoms with Crippen LogP contribution in [0.1, 0.15) is 31.4 Å². The molecule has 4 heteroatoms. The molecule has 0 heterocycles. The van der Waals surface area contributed by atoms with Gasteiger partial charge in [-0.15, -0.1) is 0 Å². The van der Waals surface area contributed by atoms with Crippen LogP contribution < -0.4 is 4.90 Å². The quantitative estimate of drug-likeness (QED) is 0.739. The molecule has 0 aliphatic rings. The number of hydrogen-bond acceptors (Lipinski definition) is 3. The molecule has 0 radical (unpaired) electrons. The summed E-state index contributed by atoms with van der Waals surface area (Å²) in [6, 6.07) is 7.85. The fourth-order valence-electron chi connectivity index (χ4n) is 2.00. The average Bonchev–Trinajstić information content (AvgIpc) is 2.40. The molecule has 0 spiro atoms. The van der Waals surface area contributed by atoms with Gasteiger partial charge in [-0.3, -0.25) is 9.69 Å². The lowest BCUT2D eigenvalue weighted by molar-refractivity contribution is -0.118. The van der Waals surface area contributed by atoms with E-state index >= 15 is 0 Å². The molecule has 19 heavy (non-hydrogen) atoms. The second-order valence-corrected chi connectivity index (χ2v) is 4.21. The maximum absolute atomic E-state index is 12.1. The molecule has 0 atom stereocenters. The van der Waals surface area contributed by atoms with Crippen LogP contribution in [0.2, 0.25) is 0 Å². The third kappa shape index (κ3) is 3.80. The van der Waals surface area contributed by atoms with E-state index in [4.69, 9.17) is 10.00 Å². The first-order chi connectivity index (χ1) is 9.15. The number of carbonyl (C=O) groups is 1. The number of amides is 1. The topological polar surface area (TPSA) is 53.3 Å². The fraction of sp³-hybridized carbons (Fsp3) is 0.467. The Hall–Kier alpha value is -1.86. The number of carbonyl (C=O) groups excluding carboxylic acids is 1. The number of nitrogens with zero attached hydrogens (tertiary/aromatic N) is 2. The zero-order valence-corrected chi connectivity index (χ0v) is 11.8. The van der Waals surface area contributed by atoms with E-state index in [2.05, 4.69) is 0 Å².